The summed E-state index contributed by atoms with van der Waals surface area (Å²) < 4.78 is 6.22. The minimum Gasteiger partial charge on any atom is -0.493 e. The Morgan fingerprint density at radius 2 is 1.54 bits per heavy atom. The summed E-state index contributed by atoms with van der Waals surface area (Å²) in [5, 5.41) is 8.00. The van der Waals surface area contributed by atoms with Gasteiger partial charge in [0, 0.05) is 23.1 Å². The Kier molecular flexibility index (Phi) is 12.7. The number of nitrogens with one attached hydrogen (secondary N) is 3. The first-order valence-electron chi connectivity index (χ1n) is 17.2. The Hall–Kier alpha value is -4.18. The number of ether oxygens (including phenoxy) is 1. The second-order valence-corrected chi connectivity index (χ2v) is 15.8. The van der Waals surface area contributed by atoms with Crippen molar-refractivity contribution in [1.29, 1.82) is 0 Å². The molecule has 0 bridgehead atoms. The van der Waals surface area contributed by atoms with Gasteiger partial charge in [-0.2, -0.15) is 0 Å². The van der Waals surface area contributed by atoms with E-state index in [1.807, 2.05) is 6.07 Å². The van der Waals surface area contributed by atoms with Crippen molar-refractivity contribution in [2.24, 2.45) is 5.41 Å². The van der Waals surface area contributed by atoms with Gasteiger partial charge in [0.25, 0.3) is 11.8 Å². The standard InChI is InChI=1S/C39H53ClN4O6/c1-12-38(8,9)24-16-19-29(26(21-24)39(10,11)13-2)50-20-14-15-30(45)41-25-17-18-27(40)28(22-25)42-34(47)32(33(46)37(5,6)7)44-35(48)31(23(3)4)43-36(44)49/h16-19,21-22,32H,12-15,20H2,1-11H3,(H,41,45)(H,42,47)(H,43,49). The summed E-state index contributed by atoms with van der Waals surface area (Å²) in [5.74, 6) is -1.77. The van der Waals surface area contributed by atoms with Crippen LogP contribution < -0.4 is 20.7 Å². The summed E-state index contributed by atoms with van der Waals surface area (Å²) in [7, 11) is 0. The SMILES string of the molecule is CCC(C)(C)c1ccc(OCCCC(=O)Nc2ccc(Cl)c(NC(=O)C(C(=O)C(C)(C)C)N3C(=O)NC(=C(C)C)C3=O)c2)c(C(C)(C)CC)c1. The number of halogens is 1. The summed E-state index contributed by atoms with van der Waals surface area (Å²) in [6.07, 6.45) is 2.61. The zero-order valence-electron chi connectivity index (χ0n) is 31.4. The Morgan fingerprint density at radius 1 is 0.900 bits per heavy atom. The summed E-state index contributed by atoms with van der Waals surface area (Å²) in [4.78, 5) is 66.6. The van der Waals surface area contributed by atoms with Gasteiger partial charge in [-0.15, -0.1) is 0 Å². The van der Waals surface area contributed by atoms with Crippen LogP contribution >= 0.6 is 11.6 Å². The molecule has 272 valence electrons. The van der Waals surface area contributed by atoms with Gasteiger partial charge < -0.3 is 20.7 Å². The smallest absolute Gasteiger partial charge is 0.330 e. The van der Waals surface area contributed by atoms with Crippen LogP contribution in [0.2, 0.25) is 5.02 Å². The molecule has 2 aromatic rings. The molecule has 0 aliphatic carbocycles. The number of Topliss-reactive ketones (excluding diaryl/α,β-unsaturated/α-hetero) is 1. The van der Waals surface area contributed by atoms with E-state index in [9.17, 15) is 24.0 Å². The van der Waals surface area contributed by atoms with Crippen molar-refractivity contribution in [3.8, 4) is 5.75 Å². The summed E-state index contributed by atoms with van der Waals surface area (Å²) in [5.41, 5.74) is 2.32. The molecule has 1 aliphatic heterocycles. The van der Waals surface area contributed by atoms with Gasteiger partial charge in [0.15, 0.2) is 11.8 Å². The molecule has 3 N–H and O–H groups in total. The fourth-order valence-corrected chi connectivity index (χ4v) is 5.47. The monoisotopic (exact) mass is 708 g/mol. The molecule has 5 amide bonds. The molecule has 3 rings (SSSR count). The fourth-order valence-electron chi connectivity index (χ4n) is 5.31. The summed E-state index contributed by atoms with van der Waals surface area (Å²) in [6.45, 7) is 21.7. The molecular formula is C39H53ClN4O6. The topological polar surface area (TPSA) is 134 Å². The van der Waals surface area contributed by atoms with Crippen LogP contribution in [-0.2, 0) is 30.0 Å². The lowest BCUT2D eigenvalue weighted by atomic mass is 9.76. The lowest BCUT2D eigenvalue weighted by molar-refractivity contribution is -0.142. The minimum absolute atomic E-state index is 0.0156. The Balaban J connectivity index is 1.71. The van der Waals surface area contributed by atoms with Gasteiger partial charge in [-0.05, 0) is 79.3 Å². The third kappa shape index (κ3) is 9.33. The van der Waals surface area contributed by atoms with E-state index in [1.165, 1.54) is 17.7 Å². The van der Waals surface area contributed by atoms with E-state index in [1.54, 1.807) is 40.7 Å². The number of anilines is 2. The molecule has 1 saturated heterocycles. The molecule has 1 fully saturated rings. The van der Waals surface area contributed by atoms with Gasteiger partial charge in [-0.3, -0.25) is 19.2 Å². The maximum Gasteiger partial charge on any atom is 0.330 e. The van der Waals surface area contributed by atoms with Crippen LogP contribution in [0.5, 0.6) is 5.75 Å². The van der Waals surface area contributed by atoms with Crippen LogP contribution in [0.4, 0.5) is 16.2 Å². The van der Waals surface area contributed by atoms with Gasteiger partial charge >= 0.3 is 6.03 Å². The molecule has 1 heterocycles. The average Bonchev–Trinajstić information content (AvgIpc) is 3.33. The number of hydrogen-bond acceptors (Lipinski definition) is 6. The van der Waals surface area contributed by atoms with E-state index in [2.05, 4.69) is 69.6 Å². The normalized spacial score (nSPS) is 14.3. The van der Waals surface area contributed by atoms with Crippen molar-refractivity contribution in [2.45, 2.75) is 119 Å². The number of allylic oxidation sites excluding steroid dienone is 1. The Morgan fingerprint density at radius 3 is 2.10 bits per heavy atom. The minimum atomic E-state index is -1.76. The van der Waals surface area contributed by atoms with Gasteiger partial charge in [-0.1, -0.05) is 86.0 Å². The van der Waals surface area contributed by atoms with E-state index in [0.29, 0.717) is 29.2 Å². The molecule has 0 saturated carbocycles. The van der Waals surface area contributed by atoms with Crippen molar-refractivity contribution in [2.75, 3.05) is 17.2 Å². The number of imide groups is 1. The molecule has 1 aliphatic rings. The van der Waals surface area contributed by atoms with Gasteiger partial charge in [0.2, 0.25) is 5.91 Å². The lowest BCUT2D eigenvalue weighted by Gasteiger charge is -2.30. The molecular weight excluding hydrogens is 656 g/mol. The average molecular weight is 709 g/mol. The van der Waals surface area contributed by atoms with E-state index in [0.717, 1.165) is 24.2 Å². The number of carbonyl (C=O) groups excluding carboxylic acids is 5. The number of urea groups is 1. The first kappa shape index (κ1) is 40.3. The molecule has 11 heteroatoms. The highest BCUT2D eigenvalue weighted by atomic mass is 35.5. The predicted molar refractivity (Wildman–Crippen MR) is 199 cm³/mol. The van der Waals surface area contributed by atoms with E-state index >= 15 is 0 Å². The fraction of sp³-hybridized carbons (Fsp3) is 0.513. The number of amides is 5. The van der Waals surface area contributed by atoms with E-state index in [4.69, 9.17) is 16.3 Å². The van der Waals surface area contributed by atoms with Crippen LogP contribution in [0.25, 0.3) is 0 Å². The molecule has 2 aromatic carbocycles. The maximum atomic E-state index is 13.6. The number of benzene rings is 2. The van der Waals surface area contributed by atoms with Crippen LogP contribution in [0.1, 0.15) is 113 Å². The van der Waals surface area contributed by atoms with Crippen LogP contribution in [0.3, 0.4) is 0 Å². The quantitative estimate of drug-likeness (QED) is 0.0783. The maximum absolute atomic E-state index is 13.6. The molecule has 50 heavy (non-hydrogen) atoms. The molecule has 10 nitrogen and oxygen atoms in total. The Bertz CT molecular complexity index is 1680. The third-order valence-electron chi connectivity index (χ3n) is 9.45. The van der Waals surface area contributed by atoms with Gasteiger partial charge in [0.1, 0.15) is 11.4 Å². The van der Waals surface area contributed by atoms with Crippen molar-refractivity contribution < 1.29 is 28.7 Å². The second kappa shape index (κ2) is 15.8. The van der Waals surface area contributed by atoms with Crippen molar-refractivity contribution in [3.05, 3.63) is 63.8 Å². The number of carbonyl (C=O) groups is 5. The number of ketones is 1. The number of hydrogen-bond donors (Lipinski definition) is 3. The highest BCUT2D eigenvalue weighted by Gasteiger charge is 2.48. The number of nitrogens with zero attached hydrogens (tertiary/aromatic N) is 1. The summed E-state index contributed by atoms with van der Waals surface area (Å²) in [6, 6.07) is 8.32. The van der Waals surface area contributed by atoms with E-state index in [-0.39, 0.29) is 39.6 Å². The van der Waals surface area contributed by atoms with Gasteiger partial charge in [-0.25, -0.2) is 9.69 Å². The van der Waals surface area contributed by atoms with Crippen LogP contribution in [0.15, 0.2) is 47.7 Å². The van der Waals surface area contributed by atoms with Crippen molar-refractivity contribution in [1.82, 2.24) is 10.2 Å². The van der Waals surface area contributed by atoms with Crippen LogP contribution in [0, 0.1) is 5.41 Å². The highest BCUT2D eigenvalue weighted by molar-refractivity contribution is 6.34. The Labute approximate surface area is 301 Å². The van der Waals surface area contributed by atoms with E-state index < -0.39 is 35.1 Å². The predicted octanol–water partition coefficient (Wildman–Crippen LogP) is 8.28. The highest BCUT2D eigenvalue weighted by Crippen LogP contribution is 2.38. The molecule has 0 spiro atoms. The molecule has 0 aromatic heterocycles. The zero-order valence-corrected chi connectivity index (χ0v) is 32.1. The largest absolute Gasteiger partial charge is 0.493 e. The van der Waals surface area contributed by atoms with Crippen molar-refractivity contribution in [3.63, 3.8) is 0 Å². The molecule has 1 atom stereocenters. The first-order valence-corrected chi connectivity index (χ1v) is 17.6. The van der Waals surface area contributed by atoms with Gasteiger partial charge in [0.05, 0.1) is 17.3 Å². The lowest BCUT2D eigenvalue weighted by Crippen LogP contribution is -2.55. The zero-order chi connectivity index (χ0) is 37.8. The van der Waals surface area contributed by atoms with Crippen LogP contribution in [-0.4, -0.2) is 47.1 Å². The summed E-state index contributed by atoms with van der Waals surface area (Å²) >= 11 is 6.40. The second-order valence-electron chi connectivity index (χ2n) is 15.4. The third-order valence-corrected chi connectivity index (χ3v) is 9.78. The first-order chi connectivity index (χ1) is 23.1. The molecule has 1 unspecified atom stereocenters. The number of rotatable bonds is 14. The molecule has 0 radical (unpaired) electrons. The van der Waals surface area contributed by atoms with Crippen molar-refractivity contribution >= 4 is 52.5 Å².